The summed E-state index contributed by atoms with van der Waals surface area (Å²) in [5.41, 5.74) is 3.30. The molecule has 4 rings (SSSR count). The number of amides is 2. The fourth-order valence-electron chi connectivity index (χ4n) is 3.83. The van der Waals surface area contributed by atoms with Crippen molar-refractivity contribution in [1.82, 2.24) is 5.01 Å². The molecule has 4 nitrogen and oxygen atoms in total. The number of benzene rings is 3. The summed E-state index contributed by atoms with van der Waals surface area (Å²) >= 11 is 9.52. The Morgan fingerprint density at radius 2 is 1.73 bits per heavy atom. The summed E-state index contributed by atoms with van der Waals surface area (Å²) in [6.45, 7) is 2.60. The van der Waals surface area contributed by atoms with Crippen LogP contribution >= 0.6 is 27.5 Å². The zero-order valence-corrected chi connectivity index (χ0v) is 18.8. The molecule has 1 atom stereocenters. The highest BCUT2D eigenvalue weighted by Crippen LogP contribution is 2.38. The quantitative estimate of drug-likeness (QED) is 0.442. The lowest BCUT2D eigenvalue weighted by atomic mass is 9.72. The normalized spacial score (nSPS) is 18.2. The van der Waals surface area contributed by atoms with Gasteiger partial charge in [0.1, 0.15) is 0 Å². The molecule has 0 saturated carbocycles. The van der Waals surface area contributed by atoms with Crippen LogP contribution in [0.25, 0.3) is 0 Å². The highest BCUT2D eigenvalue weighted by molar-refractivity contribution is 9.10. The van der Waals surface area contributed by atoms with E-state index < -0.39 is 5.41 Å². The van der Waals surface area contributed by atoms with Gasteiger partial charge in [-0.25, -0.2) is 9.80 Å². The molecule has 1 aliphatic rings. The number of hydrazone groups is 1. The van der Waals surface area contributed by atoms with Gasteiger partial charge in [0.15, 0.2) is 0 Å². The molecular weight excluding hydrogens is 462 g/mol. The summed E-state index contributed by atoms with van der Waals surface area (Å²) < 4.78 is 0.957. The van der Waals surface area contributed by atoms with E-state index in [1.165, 1.54) is 5.01 Å². The van der Waals surface area contributed by atoms with Crippen LogP contribution in [0.15, 0.2) is 88.4 Å². The molecule has 0 aliphatic carbocycles. The molecule has 0 radical (unpaired) electrons. The first-order chi connectivity index (χ1) is 14.5. The van der Waals surface area contributed by atoms with E-state index in [-0.39, 0.29) is 6.03 Å². The molecule has 0 aromatic heterocycles. The smallest absolute Gasteiger partial charge is 0.306 e. The molecule has 6 heteroatoms. The zero-order chi connectivity index (χ0) is 21.1. The van der Waals surface area contributed by atoms with Crippen LogP contribution in [0.2, 0.25) is 5.02 Å². The number of carbonyl (C=O) groups is 1. The van der Waals surface area contributed by atoms with Crippen LogP contribution in [-0.2, 0) is 5.41 Å². The fourth-order valence-corrected chi connectivity index (χ4v) is 4.22. The monoisotopic (exact) mass is 481 g/mol. The zero-order valence-electron chi connectivity index (χ0n) is 16.5. The van der Waals surface area contributed by atoms with Crippen LogP contribution in [0.1, 0.15) is 24.5 Å². The number of anilines is 1. The third-order valence-electron chi connectivity index (χ3n) is 5.47. The van der Waals surface area contributed by atoms with Crippen molar-refractivity contribution >= 4 is 45.0 Å². The van der Waals surface area contributed by atoms with Crippen LogP contribution in [0, 0.1) is 0 Å². The first kappa shape index (κ1) is 20.6. The second kappa shape index (κ2) is 8.62. The third kappa shape index (κ3) is 4.00. The van der Waals surface area contributed by atoms with Crippen molar-refractivity contribution in [3.8, 4) is 0 Å². The van der Waals surface area contributed by atoms with Crippen molar-refractivity contribution in [2.75, 3.05) is 11.9 Å². The van der Waals surface area contributed by atoms with Crippen molar-refractivity contribution < 1.29 is 4.79 Å². The van der Waals surface area contributed by atoms with Crippen molar-refractivity contribution in [2.45, 2.75) is 18.8 Å². The maximum Gasteiger partial charge on any atom is 0.342 e. The second-order valence-corrected chi connectivity index (χ2v) is 8.60. The Morgan fingerprint density at radius 3 is 2.37 bits per heavy atom. The van der Waals surface area contributed by atoms with E-state index in [9.17, 15) is 4.79 Å². The summed E-state index contributed by atoms with van der Waals surface area (Å²) in [5.74, 6) is 0. The highest BCUT2D eigenvalue weighted by Gasteiger charge is 2.45. The summed E-state index contributed by atoms with van der Waals surface area (Å²) in [7, 11) is 0. The number of hydrogen-bond acceptors (Lipinski definition) is 2. The van der Waals surface area contributed by atoms with Gasteiger partial charge in [0, 0.05) is 15.2 Å². The molecule has 0 saturated heterocycles. The molecule has 30 heavy (non-hydrogen) atoms. The van der Waals surface area contributed by atoms with Gasteiger partial charge in [-0.1, -0.05) is 76.9 Å². The number of halogens is 2. The van der Waals surface area contributed by atoms with Crippen molar-refractivity contribution in [3.63, 3.8) is 0 Å². The average molecular weight is 483 g/mol. The molecular formula is C24H21BrClN3O. The molecule has 1 aliphatic heterocycles. The average Bonchev–Trinajstić information content (AvgIpc) is 3.18. The standard InChI is InChI=1S/C24H21BrClN3O/c1-2-24(18-6-4-3-5-7-18)16-29(23(30)27-21-14-10-19(25)11-15-21)28-22(24)17-8-12-20(26)13-9-17/h3-15H,2,16H2,1H3,(H,27,30). The summed E-state index contributed by atoms with van der Waals surface area (Å²) in [5, 5.41) is 9.93. The van der Waals surface area contributed by atoms with Gasteiger partial charge >= 0.3 is 6.03 Å². The lowest BCUT2D eigenvalue weighted by Crippen LogP contribution is -2.40. The Labute approximate surface area is 189 Å². The molecule has 0 spiro atoms. The van der Waals surface area contributed by atoms with E-state index in [4.69, 9.17) is 16.7 Å². The van der Waals surface area contributed by atoms with Crippen LogP contribution < -0.4 is 5.32 Å². The minimum atomic E-state index is -0.397. The van der Waals surface area contributed by atoms with Gasteiger partial charge in [-0.2, -0.15) is 5.10 Å². The summed E-state index contributed by atoms with van der Waals surface area (Å²) in [6, 6.07) is 25.1. The first-order valence-electron chi connectivity index (χ1n) is 9.76. The van der Waals surface area contributed by atoms with Crippen LogP contribution in [0.5, 0.6) is 0 Å². The highest BCUT2D eigenvalue weighted by atomic mass is 79.9. The molecule has 3 aromatic carbocycles. The fraction of sp³-hybridized carbons (Fsp3) is 0.167. The van der Waals surface area contributed by atoms with Gasteiger partial charge in [0.25, 0.3) is 0 Å². The number of urea groups is 1. The van der Waals surface area contributed by atoms with Gasteiger partial charge < -0.3 is 5.32 Å². The minimum absolute atomic E-state index is 0.255. The number of nitrogens with zero attached hydrogens (tertiary/aromatic N) is 2. The van der Waals surface area contributed by atoms with E-state index >= 15 is 0 Å². The topological polar surface area (TPSA) is 44.7 Å². The predicted octanol–water partition coefficient (Wildman–Crippen LogP) is 6.70. The van der Waals surface area contributed by atoms with Crippen molar-refractivity contribution in [3.05, 3.63) is 99.5 Å². The molecule has 2 amide bonds. The van der Waals surface area contributed by atoms with E-state index in [1.54, 1.807) is 0 Å². The van der Waals surface area contributed by atoms with Gasteiger partial charge in [-0.3, -0.25) is 0 Å². The molecule has 1 N–H and O–H groups in total. The first-order valence-corrected chi connectivity index (χ1v) is 10.9. The van der Waals surface area contributed by atoms with Crippen LogP contribution in [-0.4, -0.2) is 23.3 Å². The van der Waals surface area contributed by atoms with Gasteiger partial charge in [-0.15, -0.1) is 0 Å². The minimum Gasteiger partial charge on any atom is -0.306 e. The summed E-state index contributed by atoms with van der Waals surface area (Å²) in [6.07, 6.45) is 0.806. The van der Waals surface area contributed by atoms with E-state index in [2.05, 4.69) is 40.3 Å². The molecule has 152 valence electrons. The van der Waals surface area contributed by atoms with Crippen molar-refractivity contribution in [2.24, 2.45) is 5.10 Å². The molecule has 3 aromatic rings. The van der Waals surface area contributed by atoms with E-state index in [0.717, 1.165) is 33.4 Å². The Morgan fingerprint density at radius 1 is 1.07 bits per heavy atom. The summed E-state index contributed by atoms with van der Waals surface area (Å²) in [4.78, 5) is 13.0. The lowest BCUT2D eigenvalue weighted by Gasteiger charge is -2.30. The van der Waals surface area contributed by atoms with E-state index in [1.807, 2.05) is 66.7 Å². The molecule has 1 heterocycles. The van der Waals surface area contributed by atoms with Crippen molar-refractivity contribution in [1.29, 1.82) is 0 Å². The maximum absolute atomic E-state index is 13.0. The Kier molecular flexibility index (Phi) is 5.93. The molecule has 0 fully saturated rings. The number of hydrogen-bond donors (Lipinski definition) is 1. The molecule has 0 bridgehead atoms. The van der Waals surface area contributed by atoms with Crippen LogP contribution in [0.3, 0.4) is 0 Å². The second-order valence-electron chi connectivity index (χ2n) is 7.25. The number of carbonyl (C=O) groups excluding carboxylic acids is 1. The van der Waals surface area contributed by atoms with Crippen LogP contribution in [0.4, 0.5) is 10.5 Å². The molecule has 1 unspecified atom stereocenters. The Hall–Kier alpha value is -2.63. The maximum atomic E-state index is 13.0. The van der Waals surface area contributed by atoms with Gasteiger partial charge in [0.05, 0.1) is 17.7 Å². The third-order valence-corrected chi connectivity index (χ3v) is 6.25. The number of nitrogens with one attached hydrogen (secondary N) is 1. The van der Waals surface area contributed by atoms with Gasteiger partial charge in [0.2, 0.25) is 0 Å². The van der Waals surface area contributed by atoms with Gasteiger partial charge in [-0.05, 0) is 53.9 Å². The lowest BCUT2D eigenvalue weighted by molar-refractivity contribution is 0.213. The number of rotatable bonds is 4. The predicted molar refractivity (Wildman–Crippen MR) is 126 cm³/mol. The van der Waals surface area contributed by atoms with E-state index in [0.29, 0.717) is 11.6 Å². The Bertz CT molecular complexity index is 1070. The largest absolute Gasteiger partial charge is 0.342 e. The SMILES string of the molecule is CCC1(c2ccccc2)CN(C(=O)Nc2ccc(Br)cc2)N=C1c1ccc(Cl)cc1. The Balaban J connectivity index is 1.72.